The van der Waals surface area contributed by atoms with Gasteiger partial charge in [-0.25, -0.2) is 0 Å². The minimum atomic E-state index is 0. The molecule has 0 unspecified atom stereocenters. The molecule has 28 heavy (non-hydrogen) atoms. The molecule has 176 valence electrons. The average Bonchev–Trinajstić information content (AvgIpc) is 2.59. The maximum absolute atomic E-state index is 5.53. The first-order valence-corrected chi connectivity index (χ1v) is 9.14. The number of halogens is 4. The molecule has 0 spiro atoms. The van der Waals surface area contributed by atoms with Gasteiger partial charge in [0.15, 0.2) is 0 Å². The first-order chi connectivity index (χ1) is 12.0. The lowest BCUT2D eigenvalue weighted by atomic mass is 10.5. The van der Waals surface area contributed by atoms with E-state index in [1.54, 1.807) is 0 Å². The van der Waals surface area contributed by atoms with Gasteiger partial charge in [0.25, 0.3) is 0 Å². The van der Waals surface area contributed by atoms with Gasteiger partial charge in [0.2, 0.25) is 0 Å². The van der Waals surface area contributed by atoms with E-state index in [2.05, 4.69) is 21.3 Å². The van der Waals surface area contributed by atoms with Gasteiger partial charge >= 0.3 is 0 Å². The Bertz CT molecular complexity index is 157. The van der Waals surface area contributed by atoms with Crippen LogP contribution >= 0.6 is 67.9 Å². The SMILES string of the molecule is Br.Br.Br.Br.C1COCCNCCOCCNCCOCCNCCOCCN1. The molecule has 12 heteroatoms. The molecule has 1 aliphatic heterocycles. The summed E-state index contributed by atoms with van der Waals surface area (Å²) in [4.78, 5) is 0. The topological polar surface area (TPSA) is 85.0 Å². The molecule has 0 saturated carbocycles. The van der Waals surface area contributed by atoms with Crippen molar-refractivity contribution >= 4 is 67.9 Å². The molecule has 1 fully saturated rings. The van der Waals surface area contributed by atoms with E-state index in [4.69, 9.17) is 18.9 Å². The summed E-state index contributed by atoms with van der Waals surface area (Å²) in [5.74, 6) is 0. The lowest BCUT2D eigenvalue weighted by Crippen LogP contribution is -2.30. The monoisotopic (exact) mass is 668 g/mol. The van der Waals surface area contributed by atoms with Crippen LogP contribution in [0.5, 0.6) is 0 Å². The number of hydrogen-bond donors (Lipinski definition) is 4. The number of nitrogens with one attached hydrogen (secondary N) is 4. The Morgan fingerprint density at radius 2 is 0.429 bits per heavy atom. The second kappa shape index (κ2) is 33.2. The van der Waals surface area contributed by atoms with Crippen LogP contribution in [0.2, 0.25) is 0 Å². The molecule has 0 radical (unpaired) electrons. The fourth-order valence-corrected chi connectivity index (χ4v) is 2.06. The Labute approximate surface area is 212 Å². The second-order valence-electron chi connectivity index (χ2n) is 5.45. The van der Waals surface area contributed by atoms with Crippen LogP contribution in [0.4, 0.5) is 0 Å². The molecule has 0 atom stereocenters. The molecule has 1 saturated heterocycles. The maximum Gasteiger partial charge on any atom is 0.0591 e. The first kappa shape index (κ1) is 36.9. The largest absolute Gasteiger partial charge is 0.379 e. The Kier molecular flexibility index (Phi) is 43.9. The van der Waals surface area contributed by atoms with E-state index in [-0.39, 0.29) is 67.9 Å². The quantitative estimate of drug-likeness (QED) is 0.301. The molecule has 1 rings (SSSR count). The molecule has 0 aromatic carbocycles. The summed E-state index contributed by atoms with van der Waals surface area (Å²) in [5, 5.41) is 13.2. The minimum Gasteiger partial charge on any atom is -0.379 e. The predicted octanol–water partition coefficient (Wildman–Crippen LogP) is 0.736. The highest BCUT2D eigenvalue weighted by molar-refractivity contribution is 8.93. The average molecular weight is 672 g/mol. The summed E-state index contributed by atoms with van der Waals surface area (Å²) in [6.07, 6.45) is 0. The molecule has 0 aromatic rings. The maximum atomic E-state index is 5.53. The van der Waals surface area contributed by atoms with Gasteiger partial charge in [-0.15, -0.1) is 67.9 Å². The summed E-state index contributed by atoms with van der Waals surface area (Å²) in [5.41, 5.74) is 0. The highest BCUT2D eigenvalue weighted by Gasteiger charge is 1.94. The predicted molar refractivity (Wildman–Crippen MR) is 136 cm³/mol. The highest BCUT2D eigenvalue weighted by atomic mass is 79.9. The van der Waals surface area contributed by atoms with Gasteiger partial charge in [-0.2, -0.15) is 0 Å². The van der Waals surface area contributed by atoms with Gasteiger partial charge in [0.05, 0.1) is 52.9 Å². The van der Waals surface area contributed by atoms with Gasteiger partial charge in [-0.05, 0) is 0 Å². The lowest BCUT2D eigenvalue weighted by molar-refractivity contribution is 0.109. The molecular weight excluding hydrogens is 632 g/mol. The van der Waals surface area contributed by atoms with Crippen molar-refractivity contribution in [2.75, 3.05) is 105 Å². The molecule has 0 bridgehead atoms. The van der Waals surface area contributed by atoms with Gasteiger partial charge in [0, 0.05) is 52.4 Å². The van der Waals surface area contributed by atoms with Crippen molar-refractivity contribution in [3.05, 3.63) is 0 Å². The molecule has 1 heterocycles. The van der Waals surface area contributed by atoms with Crippen molar-refractivity contribution in [3.63, 3.8) is 0 Å². The van der Waals surface area contributed by atoms with E-state index >= 15 is 0 Å². The van der Waals surface area contributed by atoms with Gasteiger partial charge in [-0.3, -0.25) is 0 Å². The second-order valence-corrected chi connectivity index (χ2v) is 5.45. The Hall–Kier alpha value is 1.60. The van der Waals surface area contributed by atoms with Gasteiger partial charge in [0.1, 0.15) is 0 Å². The summed E-state index contributed by atoms with van der Waals surface area (Å²) in [6.45, 7) is 12.7. The van der Waals surface area contributed by atoms with E-state index in [9.17, 15) is 0 Å². The molecule has 0 aliphatic carbocycles. The van der Waals surface area contributed by atoms with Crippen molar-refractivity contribution in [2.45, 2.75) is 0 Å². The van der Waals surface area contributed by atoms with Crippen LogP contribution in [0, 0.1) is 0 Å². The van der Waals surface area contributed by atoms with E-state index in [1.807, 2.05) is 0 Å². The third-order valence-corrected chi connectivity index (χ3v) is 3.39. The zero-order valence-electron chi connectivity index (χ0n) is 16.6. The van der Waals surface area contributed by atoms with Crippen LogP contribution < -0.4 is 21.3 Å². The zero-order chi connectivity index (χ0) is 17.0. The van der Waals surface area contributed by atoms with Crippen LogP contribution in [0.25, 0.3) is 0 Å². The van der Waals surface area contributed by atoms with E-state index in [1.165, 1.54) is 0 Å². The molecule has 8 nitrogen and oxygen atoms in total. The third-order valence-electron chi connectivity index (χ3n) is 3.39. The first-order valence-electron chi connectivity index (χ1n) is 9.14. The number of rotatable bonds is 0. The molecule has 1 aliphatic rings. The van der Waals surface area contributed by atoms with Crippen LogP contribution in [0.15, 0.2) is 0 Å². The smallest absolute Gasteiger partial charge is 0.0591 e. The van der Waals surface area contributed by atoms with Crippen LogP contribution in [0.1, 0.15) is 0 Å². The standard InChI is InChI=1S/C16H36N4O4.4BrH/c1-9-21-11-3-18-5-13-23-15-7-20-8-16-24-14-6-19-4-12-22-10-2-17-1;;;;/h17-20H,1-16H2;4*1H. The van der Waals surface area contributed by atoms with Crippen molar-refractivity contribution in [3.8, 4) is 0 Å². The van der Waals surface area contributed by atoms with Crippen molar-refractivity contribution < 1.29 is 18.9 Å². The van der Waals surface area contributed by atoms with Crippen molar-refractivity contribution in [1.82, 2.24) is 21.3 Å². The summed E-state index contributed by atoms with van der Waals surface area (Å²) < 4.78 is 22.1. The Morgan fingerprint density at radius 3 is 0.571 bits per heavy atom. The van der Waals surface area contributed by atoms with Gasteiger partial charge in [-0.1, -0.05) is 0 Å². The molecule has 0 amide bonds. The van der Waals surface area contributed by atoms with E-state index in [0.717, 1.165) is 105 Å². The van der Waals surface area contributed by atoms with E-state index in [0.29, 0.717) is 0 Å². The van der Waals surface area contributed by atoms with Crippen LogP contribution in [0.3, 0.4) is 0 Å². The highest BCUT2D eigenvalue weighted by Crippen LogP contribution is 1.78. The molecule has 0 aromatic heterocycles. The van der Waals surface area contributed by atoms with Crippen molar-refractivity contribution in [1.29, 1.82) is 0 Å². The van der Waals surface area contributed by atoms with E-state index < -0.39 is 0 Å². The Morgan fingerprint density at radius 1 is 0.286 bits per heavy atom. The zero-order valence-corrected chi connectivity index (χ0v) is 23.4. The van der Waals surface area contributed by atoms with Crippen molar-refractivity contribution in [2.24, 2.45) is 0 Å². The minimum absolute atomic E-state index is 0. The normalized spacial score (nSPS) is 20.6. The molecular formula is C16H40Br4N4O4. The van der Waals surface area contributed by atoms with Gasteiger partial charge < -0.3 is 40.2 Å². The molecule has 4 N–H and O–H groups in total. The van der Waals surface area contributed by atoms with Crippen LogP contribution in [-0.2, 0) is 18.9 Å². The van der Waals surface area contributed by atoms with Crippen LogP contribution in [-0.4, -0.2) is 105 Å². The summed E-state index contributed by atoms with van der Waals surface area (Å²) in [7, 11) is 0. The Balaban J connectivity index is -0.000000720. The summed E-state index contributed by atoms with van der Waals surface area (Å²) >= 11 is 0. The number of ether oxygens (including phenoxy) is 4. The lowest BCUT2D eigenvalue weighted by Gasteiger charge is -2.10. The fourth-order valence-electron chi connectivity index (χ4n) is 2.06. The third kappa shape index (κ3) is 29.8. The fraction of sp³-hybridized carbons (Fsp3) is 1.00. The number of hydrogen-bond acceptors (Lipinski definition) is 8. The summed E-state index contributed by atoms with van der Waals surface area (Å²) in [6, 6.07) is 0.